The van der Waals surface area contributed by atoms with Crippen LogP contribution >= 0.6 is 0 Å². The number of hydrogen-bond donors (Lipinski definition) is 0. The van der Waals surface area contributed by atoms with Crippen LogP contribution in [-0.4, -0.2) is 17.6 Å². The van der Waals surface area contributed by atoms with Gasteiger partial charge in [0.15, 0.2) is 0 Å². The molecule has 0 aromatic heterocycles. The zero-order valence-corrected chi connectivity index (χ0v) is 8.00. The van der Waals surface area contributed by atoms with Crippen molar-refractivity contribution in [2.75, 3.05) is 13.1 Å². The normalized spacial score (nSPS) is 23.7. The number of hydrogen-bond acceptors (Lipinski definition) is 0. The predicted octanol–water partition coefficient (Wildman–Crippen LogP) is 2.31. The van der Waals surface area contributed by atoms with Crippen LogP contribution in [0.2, 0.25) is 0 Å². The maximum absolute atomic E-state index is 2.31. The molecule has 0 aliphatic carbocycles. The Balaban J connectivity index is 1.96. The number of benzene rings is 1. The number of fused-ring (bicyclic) bond motifs is 1. The Morgan fingerprint density at radius 1 is 0.846 bits per heavy atom. The van der Waals surface area contributed by atoms with Crippen molar-refractivity contribution < 1.29 is 4.48 Å². The molecule has 0 saturated carbocycles. The van der Waals surface area contributed by atoms with Gasteiger partial charge >= 0.3 is 0 Å². The third-order valence-electron chi connectivity index (χ3n) is 3.64. The van der Waals surface area contributed by atoms with Crippen LogP contribution in [0.3, 0.4) is 0 Å². The van der Waals surface area contributed by atoms with E-state index in [9.17, 15) is 0 Å². The minimum Gasteiger partial charge on any atom is -0.316 e. The quantitative estimate of drug-likeness (QED) is 0.529. The zero-order valence-electron chi connectivity index (χ0n) is 8.00. The molecular formula is C12H16N+. The van der Waals surface area contributed by atoms with Gasteiger partial charge < -0.3 is 4.48 Å². The molecule has 0 atom stereocenters. The average Bonchev–Trinajstić information content (AvgIpc) is 2.72. The van der Waals surface area contributed by atoms with E-state index in [2.05, 4.69) is 24.3 Å². The van der Waals surface area contributed by atoms with Crippen LogP contribution in [0.5, 0.6) is 0 Å². The van der Waals surface area contributed by atoms with Gasteiger partial charge in [-0.15, -0.1) is 0 Å². The lowest BCUT2D eigenvalue weighted by Crippen LogP contribution is -2.39. The summed E-state index contributed by atoms with van der Waals surface area (Å²) in [5.74, 6) is 0. The number of nitrogens with zero attached hydrogens (tertiary/aromatic N) is 1. The standard InChI is InChI=1S/C12H16N/c1-2-6-12-10-13(7-3-4-8-13)9-11(12)5-1/h1-2,5-6H,3-4,7-10H2/q+1. The van der Waals surface area contributed by atoms with Crippen LogP contribution in [0, 0.1) is 0 Å². The molecule has 0 unspecified atom stereocenters. The fourth-order valence-corrected chi connectivity index (χ4v) is 2.97. The van der Waals surface area contributed by atoms with E-state index >= 15 is 0 Å². The molecule has 0 bridgehead atoms. The summed E-state index contributed by atoms with van der Waals surface area (Å²) in [7, 11) is 0. The van der Waals surface area contributed by atoms with Gasteiger partial charge in [0.1, 0.15) is 13.1 Å². The lowest BCUT2D eigenvalue weighted by atomic mass is 10.1. The van der Waals surface area contributed by atoms with Crippen molar-refractivity contribution in [2.24, 2.45) is 0 Å². The van der Waals surface area contributed by atoms with Gasteiger partial charge in [-0.05, 0) is 0 Å². The third-order valence-corrected chi connectivity index (χ3v) is 3.64. The summed E-state index contributed by atoms with van der Waals surface area (Å²) in [5, 5.41) is 0. The molecule has 0 radical (unpaired) electrons. The molecule has 1 saturated heterocycles. The number of rotatable bonds is 0. The van der Waals surface area contributed by atoms with E-state index in [-0.39, 0.29) is 0 Å². The fourth-order valence-electron chi connectivity index (χ4n) is 2.97. The lowest BCUT2D eigenvalue weighted by Gasteiger charge is -2.28. The molecule has 3 rings (SSSR count). The highest BCUT2D eigenvalue weighted by Gasteiger charge is 2.37. The summed E-state index contributed by atoms with van der Waals surface area (Å²) in [6.45, 7) is 5.43. The Hall–Kier alpha value is -0.820. The van der Waals surface area contributed by atoms with Gasteiger partial charge in [-0.2, -0.15) is 0 Å². The Morgan fingerprint density at radius 2 is 1.38 bits per heavy atom. The first-order valence-corrected chi connectivity index (χ1v) is 5.30. The summed E-state index contributed by atoms with van der Waals surface area (Å²) in [4.78, 5) is 0. The van der Waals surface area contributed by atoms with Gasteiger partial charge in [-0.25, -0.2) is 0 Å². The SMILES string of the molecule is c1ccc2c(c1)C[N+]1(CCCC1)C2. The van der Waals surface area contributed by atoms with Crippen LogP contribution in [0.1, 0.15) is 24.0 Å². The van der Waals surface area contributed by atoms with E-state index in [1.54, 1.807) is 11.1 Å². The topological polar surface area (TPSA) is 0 Å². The van der Waals surface area contributed by atoms with E-state index in [1.165, 1.54) is 43.5 Å². The van der Waals surface area contributed by atoms with E-state index in [4.69, 9.17) is 0 Å². The molecule has 68 valence electrons. The first-order valence-electron chi connectivity index (χ1n) is 5.30. The zero-order chi connectivity index (χ0) is 8.73. The van der Waals surface area contributed by atoms with Crippen molar-refractivity contribution in [3.8, 4) is 0 Å². The van der Waals surface area contributed by atoms with Gasteiger partial charge in [0.2, 0.25) is 0 Å². The Morgan fingerprint density at radius 3 is 1.92 bits per heavy atom. The van der Waals surface area contributed by atoms with Crippen molar-refractivity contribution >= 4 is 0 Å². The molecule has 0 N–H and O–H groups in total. The van der Waals surface area contributed by atoms with Crippen LogP contribution in [0.4, 0.5) is 0 Å². The monoisotopic (exact) mass is 174 g/mol. The van der Waals surface area contributed by atoms with E-state index < -0.39 is 0 Å². The van der Waals surface area contributed by atoms with Gasteiger partial charge in [-0.1, -0.05) is 24.3 Å². The maximum Gasteiger partial charge on any atom is 0.105 e. The molecule has 2 heterocycles. The van der Waals surface area contributed by atoms with Crippen molar-refractivity contribution in [1.29, 1.82) is 0 Å². The Labute approximate surface area is 79.6 Å². The Kier molecular flexibility index (Phi) is 1.50. The molecule has 1 heteroatoms. The van der Waals surface area contributed by atoms with E-state index in [0.717, 1.165) is 0 Å². The molecule has 2 aliphatic heterocycles. The minimum atomic E-state index is 1.30. The van der Waals surface area contributed by atoms with Crippen molar-refractivity contribution in [3.05, 3.63) is 35.4 Å². The molecule has 2 aliphatic rings. The second-order valence-corrected chi connectivity index (χ2v) is 4.58. The molecular weight excluding hydrogens is 158 g/mol. The minimum absolute atomic E-state index is 1.30. The first kappa shape index (κ1) is 7.57. The maximum atomic E-state index is 2.31. The summed E-state index contributed by atoms with van der Waals surface area (Å²) >= 11 is 0. The highest BCUT2D eigenvalue weighted by atomic mass is 15.4. The smallest absolute Gasteiger partial charge is 0.105 e. The Bertz CT molecular complexity index is 297. The fraction of sp³-hybridized carbons (Fsp3) is 0.500. The molecule has 1 spiro atoms. The van der Waals surface area contributed by atoms with Gasteiger partial charge in [0.25, 0.3) is 0 Å². The predicted molar refractivity (Wildman–Crippen MR) is 53.1 cm³/mol. The highest BCUT2D eigenvalue weighted by Crippen LogP contribution is 2.33. The largest absolute Gasteiger partial charge is 0.316 e. The molecule has 13 heavy (non-hydrogen) atoms. The van der Waals surface area contributed by atoms with Crippen LogP contribution < -0.4 is 0 Å². The molecule has 1 fully saturated rings. The summed E-state index contributed by atoms with van der Waals surface area (Å²) in [6.07, 6.45) is 2.88. The van der Waals surface area contributed by atoms with E-state index in [0.29, 0.717) is 0 Å². The first-order chi connectivity index (χ1) is 6.38. The molecule has 1 nitrogen and oxygen atoms in total. The third kappa shape index (κ3) is 1.11. The van der Waals surface area contributed by atoms with Crippen LogP contribution in [0.25, 0.3) is 0 Å². The van der Waals surface area contributed by atoms with Crippen LogP contribution in [0.15, 0.2) is 24.3 Å². The van der Waals surface area contributed by atoms with Crippen molar-refractivity contribution in [2.45, 2.75) is 25.9 Å². The molecule has 1 aromatic carbocycles. The summed E-state index contributed by atoms with van der Waals surface area (Å²) in [6, 6.07) is 8.97. The van der Waals surface area contributed by atoms with Gasteiger partial charge in [-0.3, -0.25) is 0 Å². The number of quaternary nitrogens is 1. The second-order valence-electron chi connectivity index (χ2n) is 4.58. The van der Waals surface area contributed by atoms with Crippen molar-refractivity contribution in [3.63, 3.8) is 0 Å². The van der Waals surface area contributed by atoms with Crippen molar-refractivity contribution in [1.82, 2.24) is 0 Å². The van der Waals surface area contributed by atoms with E-state index in [1.807, 2.05) is 0 Å². The average molecular weight is 174 g/mol. The lowest BCUT2D eigenvalue weighted by molar-refractivity contribution is -0.936. The van der Waals surface area contributed by atoms with Gasteiger partial charge in [0.05, 0.1) is 13.1 Å². The second kappa shape index (κ2) is 2.58. The summed E-state index contributed by atoms with van der Waals surface area (Å²) in [5.41, 5.74) is 3.20. The summed E-state index contributed by atoms with van der Waals surface area (Å²) < 4.78 is 1.36. The van der Waals surface area contributed by atoms with Crippen LogP contribution in [-0.2, 0) is 13.1 Å². The van der Waals surface area contributed by atoms with Gasteiger partial charge in [0, 0.05) is 24.0 Å². The highest BCUT2D eigenvalue weighted by molar-refractivity contribution is 5.28. The molecule has 0 amide bonds. The molecule has 1 aromatic rings.